The van der Waals surface area contributed by atoms with Crippen LogP contribution in [0.25, 0.3) is 0 Å². The second-order valence-electron chi connectivity index (χ2n) is 8.25. The highest BCUT2D eigenvalue weighted by Gasteiger charge is 2.26. The SMILES string of the molecule is CN(CCc1ccccn1)C(=O)CC[C@@H]1CCCN(C(=O)c2ccc3c(c2)OCO3)C1. The van der Waals surface area contributed by atoms with E-state index in [4.69, 9.17) is 9.47 Å². The molecule has 2 aromatic rings. The van der Waals surface area contributed by atoms with Gasteiger partial charge >= 0.3 is 0 Å². The Hall–Kier alpha value is -3.09. The number of amides is 2. The molecule has 0 radical (unpaired) electrons. The number of piperidine rings is 1. The van der Waals surface area contributed by atoms with Crippen LogP contribution in [-0.4, -0.2) is 60.1 Å². The number of carbonyl (C=O) groups is 2. The average Bonchev–Trinajstić information content (AvgIpc) is 3.29. The molecule has 0 unspecified atom stereocenters. The van der Waals surface area contributed by atoms with Crippen LogP contribution in [0.1, 0.15) is 41.7 Å². The Morgan fingerprint density at radius 1 is 1.19 bits per heavy atom. The fourth-order valence-corrected chi connectivity index (χ4v) is 4.17. The van der Waals surface area contributed by atoms with Crippen molar-refractivity contribution >= 4 is 11.8 Å². The van der Waals surface area contributed by atoms with Crippen molar-refractivity contribution in [2.24, 2.45) is 5.92 Å². The molecule has 1 aromatic carbocycles. The third-order valence-electron chi connectivity index (χ3n) is 6.05. The van der Waals surface area contributed by atoms with Crippen molar-refractivity contribution in [2.75, 3.05) is 33.5 Å². The van der Waals surface area contributed by atoms with Gasteiger partial charge in [-0.15, -0.1) is 0 Å². The number of likely N-dealkylation sites (N-methyl/N-ethyl adjacent to an activating group) is 1. The van der Waals surface area contributed by atoms with E-state index in [-0.39, 0.29) is 18.6 Å². The van der Waals surface area contributed by atoms with Crippen LogP contribution in [0, 0.1) is 5.92 Å². The van der Waals surface area contributed by atoms with Crippen molar-refractivity contribution in [2.45, 2.75) is 32.1 Å². The Labute approximate surface area is 183 Å². The van der Waals surface area contributed by atoms with Crippen LogP contribution in [0.4, 0.5) is 0 Å². The number of hydrogen-bond acceptors (Lipinski definition) is 5. The van der Waals surface area contributed by atoms with Crippen LogP contribution >= 0.6 is 0 Å². The molecule has 164 valence electrons. The van der Waals surface area contributed by atoms with Crippen molar-refractivity contribution in [3.63, 3.8) is 0 Å². The summed E-state index contributed by atoms with van der Waals surface area (Å²) in [5.74, 6) is 1.81. The molecular formula is C24H29N3O4. The van der Waals surface area contributed by atoms with Gasteiger partial charge in [-0.3, -0.25) is 14.6 Å². The maximum atomic E-state index is 13.0. The first-order valence-corrected chi connectivity index (χ1v) is 10.9. The Morgan fingerprint density at radius 3 is 2.90 bits per heavy atom. The van der Waals surface area contributed by atoms with E-state index < -0.39 is 0 Å². The summed E-state index contributed by atoms with van der Waals surface area (Å²) < 4.78 is 10.7. The van der Waals surface area contributed by atoms with Gasteiger partial charge in [0.15, 0.2) is 11.5 Å². The van der Waals surface area contributed by atoms with E-state index >= 15 is 0 Å². The van der Waals surface area contributed by atoms with Gasteiger partial charge in [-0.1, -0.05) is 6.07 Å². The Balaban J connectivity index is 1.25. The minimum Gasteiger partial charge on any atom is -0.454 e. The molecule has 1 atom stereocenters. The summed E-state index contributed by atoms with van der Waals surface area (Å²) in [7, 11) is 1.85. The summed E-state index contributed by atoms with van der Waals surface area (Å²) in [5.41, 5.74) is 1.61. The first kappa shape index (κ1) is 21.2. The summed E-state index contributed by atoms with van der Waals surface area (Å²) in [6, 6.07) is 11.2. The minimum atomic E-state index is 0.0156. The standard InChI is InChI=1S/C24H29N3O4/c1-26(14-11-20-6-2-3-12-25-20)23(28)10-7-18-5-4-13-27(16-18)24(29)19-8-9-21-22(15-19)31-17-30-21/h2-3,6,8-9,12,15,18H,4-5,7,10-11,13-14,16-17H2,1H3/t18-/m0/s1. The van der Waals surface area contributed by atoms with Crippen LogP contribution in [0.3, 0.4) is 0 Å². The molecule has 4 rings (SSSR count). The Bertz CT molecular complexity index is 918. The highest BCUT2D eigenvalue weighted by atomic mass is 16.7. The van der Waals surface area contributed by atoms with Crippen LogP contribution in [0.15, 0.2) is 42.6 Å². The molecule has 0 bridgehead atoms. The molecule has 0 saturated carbocycles. The summed E-state index contributed by atoms with van der Waals surface area (Å²) in [5, 5.41) is 0. The van der Waals surface area contributed by atoms with E-state index in [1.807, 2.05) is 30.1 Å². The largest absolute Gasteiger partial charge is 0.454 e. The molecule has 0 spiro atoms. The van der Waals surface area contributed by atoms with Crippen molar-refractivity contribution in [3.05, 3.63) is 53.9 Å². The van der Waals surface area contributed by atoms with Crippen LogP contribution in [0.5, 0.6) is 11.5 Å². The van der Waals surface area contributed by atoms with Gasteiger partial charge in [-0.25, -0.2) is 0 Å². The number of pyridine rings is 1. The monoisotopic (exact) mass is 423 g/mol. The number of aromatic nitrogens is 1. The lowest BCUT2D eigenvalue weighted by atomic mass is 9.92. The van der Waals surface area contributed by atoms with Gasteiger partial charge in [-0.2, -0.15) is 0 Å². The summed E-state index contributed by atoms with van der Waals surface area (Å²) in [6.07, 6.45) is 5.86. The van der Waals surface area contributed by atoms with Crippen molar-refractivity contribution < 1.29 is 19.1 Å². The second kappa shape index (κ2) is 9.81. The molecule has 2 amide bonds. The Morgan fingerprint density at radius 2 is 2.06 bits per heavy atom. The van der Waals surface area contributed by atoms with Crippen LogP contribution in [-0.2, 0) is 11.2 Å². The molecule has 3 heterocycles. The lowest BCUT2D eigenvalue weighted by molar-refractivity contribution is -0.130. The maximum absolute atomic E-state index is 13.0. The highest BCUT2D eigenvalue weighted by molar-refractivity contribution is 5.95. The number of rotatable bonds is 7. The lowest BCUT2D eigenvalue weighted by Crippen LogP contribution is -2.40. The van der Waals surface area contributed by atoms with Gasteiger partial charge in [0.05, 0.1) is 0 Å². The maximum Gasteiger partial charge on any atom is 0.254 e. The molecule has 0 N–H and O–H groups in total. The van der Waals surface area contributed by atoms with Gasteiger partial charge in [0.1, 0.15) is 0 Å². The van der Waals surface area contributed by atoms with Crippen molar-refractivity contribution in [3.8, 4) is 11.5 Å². The molecule has 31 heavy (non-hydrogen) atoms. The molecule has 7 nitrogen and oxygen atoms in total. The highest BCUT2D eigenvalue weighted by Crippen LogP contribution is 2.33. The zero-order valence-corrected chi connectivity index (χ0v) is 18.0. The minimum absolute atomic E-state index is 0.0156. The van der Waals surface area contributed by atoms with Gasteiger partial charge in [-0.05, 0) is 55.5 Å². The number of ether oxygens (including phenoxy) is 2. The smallest absolute Gasteiger partial charge is 0.254 e. The molecule has 7 heteroatoms. The fourth-order valence-electron chi connectivity index (χ4n) is 4.17. The number of carbonyl (C=O) groups excluding carboxylic acids is 2. The fraction of sp³-hybridized carbons (Fsp3) is 0.458. The summed E-state index contributed by atoms with van der Waals surface area (Å²) >= 11 is 0. The normalized spacial score (nSPS) is 17.5. The first-order valence-electron chi connectivity index (χ1n) is 10.9. The number of fused-ring (bicyclic) bond motifs is 1. The number of hydrogen-bond donors (Lipinski definition) is 0. The quantitative estimate of drug-likeness (QED) is 0.684. The molecule has 1 aromatic heterocycles. The van der Waals surface area contributed by atoms with E-state index in [1.165, 1.54) is 0 Å². The van der Waals surface area contributed by atoms with Gasteiger partial charge in [0.25, 0.3) is 5.91 Å². The molecular weight excluding hydrogens is 394 g/mol. The van der Waals surface area contributed by atoms with Gasteiger partial charge in [0.2, 0.25) is 12.7 Å². The first-order chi connectivity index (χ1) is 15.1. The zero-order valence-electron chi connectivity index (χ0n) is 18.0. The predicted octanol–water partition coefficient (Wildman–Crippen LogP) is 3.14. The molecule has 0 aliphatic carbocycles. The van der Waals surface area contributed by atoms with E-state index in [1.54, 1.807) is 29.3 Å². The van der Waals surface area contributed by atoms with Crippen LogP contribution in [0.2, 0.25) is 0 Å². The third-order valence-corrected chi connectivity index (χ3v) is 6.05. The van der Waals surface area contributed by atoms with Gasteiger partial charge in [0, 0.05) is 57.0 Å². The molecule has 1 fully saturated rings. The Kier molecular flexibility index (Phi) is 6.70. The summed E-state index contributed by atoms with van der Waals surface area (Å²) in [6.45, 7) is 2.30. The number of benzene rings is 1. The zero-order chi connectivity index (χ0) is 21.6. The van der Waals surface area contributed by atoms with Crippen molar-refractivity contribution in [1.29, 1.82) is 0 Å². The van der Waals surface area contributed by atoms with E-state index in [9.17, 15) is 9.59 Å². The lowest BCUT2D eigenvalue weighted by Gasteiger charge is -2.33. The predicted molar refractivity (Wildman–Crippen MR) is 116 cm³/mol. The molecule has 1 saturated heterocycles. The topological polar surface area (TPSA) is 72.0 Å². The molecule has 2 aliphatic heterocycles. The molecule has 2 aliphatic rings. The van der Waals surface area contributed by atoms with Crippen molar-refractivity contribution in [1.82, 2.24) is 14.8 Å². The summed E-state index contributed by atoms with van der Waals surface area (Å²) in [4.78, 5) is 33.5. The number of likely N-dealkylation sites (tertiary alicyclic amines) is 1. The van der Waals surface area contributed by atoms with E-state index in [2.05, 4.69) is 4.98 Å². The number of nitrogens with zero attached hydrogens (tertiary/aromatic N) is 3. The average molecular weight is 424 g/mol. The second-order valence-corrected chi connectivity index (χ2v) is 8.25. The third kappa shape index (κ3) is 5.34. The van der Waals surface area contributed by atoms with E-state index in [0.29, 0.717) is 42.5 Å². The van der Waals surface area contributed by atoms with Gasteiger partial charge < -0.3 is 19.3 Å². The van der Waals surface area contributed by atoms with E-state index in [0.717, 1.165) is 37.9 Å². The van der Waals surface area contributed by atoms with Crippen LogP contribution < -0.4 is 9.47 Å².